The molecule has 1 amide bonds. The van der Waals surface area contributed by atoms with Crippen LogP contribution in [0.15, 0.2) is 48.3 Å². The van der Waals surface area contributed by atoms with Crippen molar-refractivity contribution < 1.29 is 9.53 Å². The van der Waals surface area contributed by atoms with Crippen molar-refractivity contribution in [3.63, 3.8) is 0 Å². The Labute approximate surface area is 182 Å². The lowest BCUT2D eigenvalue weighted by Crippen LogP contribution is -2.16. The van der Waals surface area contributed by atoms with Crippen LogP contribution in [0.1, 0.15) is 45.4 Å². The van der Waals surface area contributed by atoms with E-state index in [0.717, 1.165) is 40.8 Å². The van der Waals surface area contributed by atoms with E-state index in [4.69, 9.17) is 4.74 Å². The Morgan fingerprint density at radius 1 is 1.26 bits per heavy atom. The number of hydrogen-bond donors (Lipinski definition) is 1. The molecule has 162 valence electrons. The van der Waals surface area contributed by atoms with Gasteiger partial charge in [-0.15, -0.1) is 0 Å². The molecule has 4 rings (SSSR count). The highest BCUT2D eigenvalue weighted by atomic mass is 16.5. The summed E-state index contributed by atoms with van der Waals surface area (Å²) in [5, 5.41) is 7.51. The first kappa shape index (κ1) is 20.9. The van der Waals surface area contributed by atoms with Crippen molar-refractivity contribution in [2.45, 2.75) is 53.8 Å². The zero-order valence-electron chi connectivity index (χ0n) is 18.6. The van der Waals surface area contributed by atoms with Crippen molar-refractivity contribution in [3.05, 3.63) is 59.6 Å². The van der Waals surface area contributed by atoms with E-state index < -0.39 is 6.09 Å². The van der Waals surface area contributed by atoms with Crippen LogP contribution < -0.4 is 5.32 Å². The average molecular weight is 420 g/mol. The molecule has 31 heavy (non-hydrogen) atoms. The summed E-state index contributed by atoms with van der Waals surface area (Å²) in [6.45, 7) is 10.1. The Morgan fingerprint density at radius 3 is 2.84 bits per heavy atom. The van der Waals surface area contributed by atoms with Crippen molar-refractivity contribution in [3.8, 4) is 0 Å². The molecule has 0 spiro atoms. The van der Waals surface area contributed by atoms with E-state index in [9.17, 15) is 4.79 Å². The quantitative estimate of drug-likeness (QED) is 0.581. The Morgan fingerprint density at radius 2 is 2.10 bits per heavy atom. The zero-order chi connectivity index (χ0) is 22.0. The number of imidazole rings is 1. The maximum Gasteiger partial charge on any atom is 0.413 e. The normalized spacial score (nSPS) is 16.2. The number of anilines is 1. The third-order valence-corrected chi connectivity index (χ3v) is 5.66. The summed E-state index contributed by atoms with van der Waals surface area (Å²) in [4.78, 5) is 16.9. The number of benzene rings is 1. The largest absolute Gasteiger partial charge is 0.444 e. The molecule has 1 aliphatic carbocycles. The first-order valence-corrected chi connectivity index (χ1v) is 10.8. The second kappa shape index (κ2) is 8.79. The van der Waals surface area contributed by atoms with Gasteiger partial charge in [0, 0.05) is 24.7 Å². The minimum Gasteiger partial charge on any atom is -0.444 e. The molecule has 3 aromatic rings. The van der Waals surface area contributed by atoms with Gasteiger partial charge in [0.05, 0.1) is 23.1 Å². The lowest BCUT2D eigenvalue weighted by molar-refractivity contribution is 0.155. The molecule has 7 heteroatoms. The van der Waals surface area contributed by atoms with Crippen molar-refractivity contribution in [2.75, 3.05) is 5.32 Å². The molecule has 2 heterocycles. The van der Waals surface area contributed by atoms with E-state index in [1.165, 1.54) is 5.57 Å². The van der Waals surface area contributed by atoms with E-state index in [-0.39, 0.29) is 6.61 Å². The fourth-order valence-corrected chi connectivity index (χ4v) is 4.00. The Bertz CT molecular complexity index is 1170. The summed E-state index contributed by atoms with van der Waals surface area (Å²) in [5.74, 6) is 1.17. The van der Waals surface area contributed by atoms with E-state index in [2.05, 4.69) is 52.9 Å². The van der Waals surface area contributed by atoms with Crippen LogP contribution in [0.4, 0.5) is 10.6 Å². The Balaban J connectivity index is 1.43. The summed E-state index contributed by atoms with van der Waals surface area (Å²) in [7, 11) is 0. The fraction of sp³-hybridized carbons (Fsp3) is 0.375. The molecule has 7 nitrogen and oxygen atoms in total. The van der Waals surface area contributed by atoms with Gasteiger partial charge in [-0.05, 0) is 50.8 Å². The first-order chi connectivity index (χ1) is 15.0. The van der Waals surface area contributed by atoms with Crippen molar-refractivity contribution in [1.29, 1.82) is 0 Å². The standard InChI is InChI=1S/C24H29N5O2/c1-5-28-15-25-21-12-18(8-10-22(21)28)14-31-24(30)26-23-13-20(27-29(23)6-2)19-9-7-16(3)11-17(19)4/h7-10,12-13,15-16H,5-6,11,14H2,1-4H3,(H,26,30). The van der Waals surface area contributed by atoms with Gasteiger partial charge in [0.1, 0.15) is 12.4 Å². The third-order valence-electron chi connectivity index (χ3n) is 5.66. The molecule has 1 aromatic carbocycles. The van der Waals surface area contributed by atoms with Gasteiger partial charge < -0.3 is 9.30 Å². The number of carbonyl (C=O) groups is 1. The van der Waals surface area contributed by atoms with Crippen LogP contribution in [0.3, 0.4) is 0 Å². The van der Waals surface area contributed by atoms with Gasteiger partial charge >= 0.3 is 6.09 Å². The zero-order valence-corrected chi connectivity index (χ0v) is 18.6. The number of nitrogens with zero attached hydrogens (tertiary/aromatic N) is 4. The molecule has 1 atom stereocenters. The van der Waals surface area contributed by atoms with Gasteiger partial charge in [0.15, 0.2) is 0 Å². The smallest absolute Gasteiger partial charge is 0.413 e. The number of aromatic nitrogens is 4. The van der Waals surface area contributed by atoms with E-state index in [1.807, 2.05) is 37.5 Å². The van der Waals surface area contributed by atoms with Gasteiger partial charge in [0.25, 0.3) is 0 Å². The molecular weight excluding hydrogens is 390 g/mol. The van der Waals surface area contributed by atoms with Gasteiger partial charge in [0.2, 0.25) is 0 Å². The molecular formula is C24H29N5O2. The number of amides is 1. The van der Waals surface area contributed by atoms with Gasteiger partial charge in [-0.1, -0.05) is 30.7 Å². The summed E-state index contributed by atoms with van der Waals surface area (Å²) < 4.78 is 9.31. The number of fused-ring (bicyclic) bond motifs is 1. The molecule has 0 saturated heterocycles. The molecule has 0 radical (unpaired) electrons. The highest BCUT2D eigenvalue weighted by Gasteiger charge is 2.17. The average Bonchev–Trinajstić information content (AvgIpc) is 3.35. The number of aryl methyl sites for hydroxylation is 2. The highest BCUT2D eigenvalue weighted by molar-refractivity contribution is 5.85. The monoisotopic (exact) mass is 419 g/mol. The molecule has 0 bridgehead atoms. The third kappa shape index (κ3) is 4.40. The Hall–Kier alpha value is -3.35. The first-order valence-electron chi connectivity index (χ1n) is 10.8. The van der Waals surface area contributed by atoms with Crippen LogP contribution >= 0.6 is 0 Å². The maximum absolute atomic E-state index is 12.4. The molecule has 0 fully saturated rings. The molecule has 1 unspecified atom stereocenters. The molecule has 2 aromatic heterocycles. The van der Waals surface area contributed by atoms with Crippen LogP contribution in [0.5, 0.6) is 0 Å². The van der Waals surface area contributed by atoms with Crippen LogP contribution in [-0.4, -0.2) is 25.4 Å². The number of nitrogens with one attached hydrogen (secondary N) is 1. The lowest BCUT2D eigenvalue weighted by Gasteiger charge is -2.15. The molecule has 0 saturated carbocycles. The van der Waals surface area contributed by atoms with E-state index in [1.54, 1.807) is 4.68 Å². The molecule has 0 aliphatic heterocycles. The second-order valence-electron chi connectivity index (χ2n) is 8.02. The van der Waals surface area contributed by atoms with Crippen LogP contribution in [0.25, 0.3) is 16.6 Å². The highest BCUT2D eigenvalue weighted by Crippen LogP contribution is 2.30. The minimum atomic E-state index is -0.501. The minimum absolute atomic E-state index is 0.179. The van der Waals surface area contributed by atoms with Crippen LogP contribution in [-0.2, 0) is 24.4 Å². The molecule has 1 N–H and O–H groups in total. The van der Waals surface area contributed by atoms with Gasteiger partial charge in [-0.25, -0.2) is 14.5 Å². The fourth-order valence-electron chi connectivity index (χ4n) is 4.00. The summed E-state index contributed by atoms with van der Waals surface area (Å²) in [5.41, 5.74) is 6.18. The SMILES string of the molecule is CCn1nc(C2=C(C)CC(C)C=C2)cc1NC(=O)OCc1ccc2c(c1)ncn2CC. The predicted molar refractivity (Wildman–Crippen MR) is 123 cm³/mol. The summed E-state index contributed by atoms with van der Waals surface area (Å²) in [6, 6.07) is 7.83. The topological polar surface area (TPSA) is 74.0 Å². The van der Waals surface area contributed by atoms with Crippen molar-refractivity contribution >= 4 is 28.5 Å². The van der Waals surface area contributed by atoms with Gasteiger partial charge in [-0.3, -0.25) is 5.32 Å². The van der Waals surface area contributed by atoms with Crippen LogP contribution in [0, 0.1) is 5.92 Å². The number of allylic oxidation sites excluding steroid dienone is 4. The summed E-state index contributed by atoms with van der Waals surface area (Å²) >= 11 is 0. The number of rotatable bonds is 6. The van der Waals surface area contributed by atoms with Gasteiger partial charge in [-0.2, -0.15) is 5.10 Å². The van der Waals surface area contributed by atoms with E-state index >= 15 is 0 Å². The Kier molecular flexibility index (Phi) is 5.93. The maximum atomic E-state index is 12.4. The van der Waals surface area contributed by atoms with Crippen molar-refractivity contribution in [1.82, 2.24) is 19.3 Å². The lowest BCUT2D eigenvalue weighted by atomic mass is 9.90. The van der Waals surface area contributed by atoms with E-state index in [0.29, 0.717) is 18.3 Å². The van der Waals surface area contributed by atoms with Crippen LogP contribution in [0.2, 0.25) is 0 Å². The number of carbonyl (C=O) groups excluding carboxylic acids is 1. The van der Waals surface area contributed by atoms with Crippen molar-refractivity contribution in [2.24, 2.45) is 5.92 Å². The summed E-state index contributed by atoms with van der Waals surface area (Å²) in [6.07, 6.45) is 6.68. The molecule has 1 aliphatic rings. The number of hydrogen-bond acceptors (Lipinski definition) is 4. The second-order valence-corrected chi connectivity index (χ2v) is 8.02. The predicted octanol–water partition coefficient (Wildman–Crippen LogP) is 5.39. The number of ether oxygens (including phenoxy) is 1.